The molecule has 0 atom stereocenters. The Morgan fingerprint density at radius 1 is 0.857 bits per heavy atom. The lowest BCUT2D eigenvalue weighted by Gasteiger charge is -2.29. The first-order chi connectivity index (χ1) is 13.8. The Kier molecular flexibility index (Phi) is 4.12. The molecule has 2 nitrogen and oxygen atoms in total. The third kappa shape index (κ3) is 2.68. The molecule has 1 fully saturated rings. The lowest BCUT2D eigenvalue weighted by Crippen LogP contribution is -2.14. The topological polar surface area (TPSA) is 14.2 Å². The number of para-hydroxylation sites is 1. The fourth-order valence-corrected chi connectivity index (χ4v) is 4.17. The summed E-state index contributed by atoms with van der Waals surface area (Å²) in [5.41, 5.74) is 5.48. The van der Waals surface area contributed by atoms with E-state index in [-0.39, 0.29) is 11.6 Å². The van der Waals surface area contributed by atoms with Gasteiger partial charge in [0.05, 0.1) is 5.52 Å². The molecule has 3 aromatic carbocycles. The summed E-state index contributed by atoms with van der Waals surface area (Å²) >= 11 is 0. The van der Waals surface area contributed by atoms with Crippen molar-refractivity contribution < 1.29 is 13.9 Å². The summed E-state index contributed by atoms with van der Waals surface area (Å²) in [7, 11) is 0. The summed E-state index contributed by atoms with van der Waals surface area (Å²) in [5.74, 6) is 0.396. The van der Waals surface area contributed by atoms with E-state index in [1.54, 1.807) is 12.1 Å². The van der Waals surface area contributed by atoms with Crippen LogP contribution in [-0.4, -0.2) is 4.57 Å². The van der Waals surface area contributed by atoms with Gasteiger partial charge in [-0.1, -0.05) is 36.8 Å². The number of hydrogen-bond donors (Lipinski definition) is 0. The predicted octanol–water partition coefficient (Wildman–Crippen LogP) is 6.97. The highest BCUT2D eigenvalue weighted by atomic mass is 19.3. The number of benzene rings is 3. The van der Waals surface area contributed by atoms with Crippen LogP contribution in [0.1, 0.15) is 30.9 Å². The molecule has 0 N–H and O–H groups in total. The number of fused-ring (bicyclic) bond motifs is 1. The molecular weight excluding hydrogens is 356 g/mol. The van der Waals surface area contributed by atoms with Crippen LogP contribution in [0, 0.1) is 5.82 Å². The molecule has 28 heavy (non-hydrogen) atoms. The molecule has 0 bridgehead atoms. The molecule has 1 aromatic heterocycles. The maximum Gasteiger partial charge on any atom is 0.171 e. The summed E-state index contributed by atoms with van der Waals surface area (Å²) in [6, 6.07) is 22.0. The van der Waals surface area contributed by atoms with Crippen molar-refractivity contribution in [3.63, 3.8) is 0 Å². The second-order valence-electron chi connectivity index (χ2n) is 7.32. The van der Waals surface area contributed by atoms with Crippen LogP contribution in [0.2, 0.25) is 0 Å². The summed E-state index contributed by atoms with van der Waals surface area (Å²) in [4.78, 5) is 3.85. The van der Waals surface area contributed by atoms with Gasteiger partial charge >= 0.3 is 0 Å². The van der Waals surface area contributed by atoms with E-state index in [0.717, 1.165) is 40.6 Å². The zero-order valence-electron chi connectivity index (χ0n) is 15.2. The van der Waals surface area contributed by atoms with Crippen molar-refractivity contribution in [1.29, 1.82) is 0 Å². The Morgan fingerprint density at radius 3 is 2.21 bits per heavy atom. The number of nitrogens with zero attached hydrogens (tertiary/aromatic N) is 1. The molecule has 0 amide bonds. The van der Waals surface area contributed by atoms with Crippen molar-refractivity contribution in [3.8, 4) is 22.6 Å². The van der Waals surface area contributed by atoms with Gasteiger partial charge in [0, 0.05) is 32.8 Å². The van der Waals surface area contributed by atoms with E-state index < -0.39 is 0 Å². The van der Waals surface area contributed by atoms with Crippen LogP contribution in [0.5, 0.6) is 5.75 Å². The molecule has 0 aliphatic heterocycles. The van der Waals surface area contributed by atoms with Crippen LogP contribution in [0.4, 0.5) is 8.92 Å². The third-order valence-corrected chi connectivity index (χ3v) is 5.72. The molecule has 1 aliphatic carbocycles. The van der Waals surface area contributed by atoms with Gasteiger partial charge in [0.1, 0.15) is 5.82 Å². The second kappa shape index (κ2) is 6.79. The Labute approximate surface area is 161 Å². The summed E-state index contributed by atoms with van der Waals surface area (Å²) in [6.45, 7) is 0. The normalized spacial score (nSPS) is 14.2. The minimum absolute atomic E-state index is 0.191. The molecule has 1 saturated carbocycles. The first-order valence-electron chi connectivity index (χ1n) is 9.54. The van der Waals surface area contributed by atoms with Crippen molar-refractivity contribution >= 4 is 10.9 Å². The van der Waals surface area contributed by atoms with E-state index in [0.29, 0.717) is 5.92 Å². The van der Waals surface area contributed by atoms with Crippen LogP contribution in [0.15, 0.2) is 72.8 Å². The number of aromatic nitrogens is 1. The van der Waals surface area contributed by atoms with Gasteiger partial charge in [-0.3, -0.25) is 4.94 Å². The number of hydrogen-bond acceptors (Lipinski definition) is 1. The first-order valence-corrected chi connectivity index (χ1v) is 9.54. The Bertz CT molecular complexity index is 1130. The number of halogens is 2. The molecule has 0 unspecified atom stereocenters. The fraction of sp³-hybridized carbons (Fsp3) is 0.167. The molecule has 0 radical (unpaired) electrons. The summed E-state index contributed by atoms with van der Waals surface area (Å²) in [5, 5.41) is 1.14. The van der Waals surface area contributed by atoms with Crippen LogP contribution >= 0.6 is 0 Å². The maximum atomic E-state index is 13.5. The van der Waals surface area contributed by atoms with E-state index in [1.807, 2.05) is 36.4 Å². The van der Waals surface area contributed by atoms with Crippen LogP contribution in [0.25, 0.3) is 27.7 Å². The average molecular weight is 375 g/mol. The molecule has 0 saturated heterocycles. The molecule has 1 heterocycles. The molecule has 1 aliphatic rings. The zero-order chi connectivity index (χ0) is 19.1. The largest absolute Gasteiger partial charge is 0.313 e. The Hall–Kier alpha value is -3.14. The van der Waals surface area contributed by atoms with Crippen molar-refractivity contribution in [2.75, 3.05) is 0 Å². The van der Waals surface area contributed by atoms with Gasteiger partial charge in [0.25, 0.3) is 0 Å². The minimum atomic E-state index is -0.243. The van der Waals surface area contributed by atoms with Crippen molar-refractivity contribution in [3.05, 3.63) is 84.3 Å². The maximum absolute atomic E-state index is 13.5. The van der Waals surface area contributed by atoms with Crippen molar-refractivity contribution in [1.82, 2.24) is 4.57 Å². The third-order valence-electron chi connectivity index (χ3n) is 5.72. The smallest absolute Gasteiger partial charge is 0.171 e. The van der Waals surface area contributed by atoms with E-state index in [2.05, 4.69) is 21.6 Å². The molecule has 140 valence electrons. The van der Waals surface area contributed by atoms with Gasteiger partial charge in [-0.2, -0.15) is 0 Å². The first kappa shape index (κ1) is 17.0. The lowest BCUT2D eigenvalue weighted by atomic mass is 9.80. The van der Waals surface area contributed by atoms with Crippen LogP contribution in [0.3, 0.4) is 0 Å². The van der Waals surface area contributed by atoms with E-state index in [1.165, 1.54) is 24.2 Å². The average Bonchev–Trinajstić information content (AvgIpc) is 3.02. The Morgan fingerprint density at radius 2 is 1.57 bits per heavy atom. The standard InChI is InChI=1S/C24H19F2NO/c25-18-10-12-19(13-11-18)27-22-7-2-1-6-21(22)23(24(27)17-4-3-5-17)16-8-14-20(28-26)15-9-16/h1-2,6-15,17H,3-5H2. The highest BCUT2D eigenvalue weighted by molar-refractivity contribution is 5.99. The van der Waals surface area contributed by atoms with E-state index in [4.69, 9.17) is 0 Å². The quantitative estimate of drug-likeness (QED) is 0.376. The minimum Gasteiger partial charge on any atom is -0.313 e. The molecule has 5 rings (SSSR count). The van der Waals surface area contributed by atoms with Crippen molar-refractivity contribution in [2.45, 2.75) is 25.2 Å². The van der Waals surface area contributed by atoms with Gasteiger partial charge in [0.15, 0.2) is 5.75 Å². The highest BCUT2D eigenvalue weighted by Gasteiger charge is 2.29. The van der Waals surface area contributed by atoms with E-state index in [9.17, 15) is 8.92 Å². The monoisotopic (exact) mass is 375 g/mol. The lowest BCUT2D eigenvalue weighted by molar-refractivity contribution is -0.00618. The molecule has 0 spiro atoms. The SMILES string of the molecule is FOc1ccc(-c2c(C3CCC3)n(-c3ccc(F)cc3)c3ccccc23)cc1. The predicted molar refractivity (Wildman–Crippen MR) is 107 cm³/mol. The summed E-state index contributed by atoms with van der Waals surface area (Å²) < 4.78 is 28.3. The molecule has 4 aromatic rings. The highest BCUT2D eigenvalue weighted by Crippen LogP contribution is 2.47. The van der Waals surface area contributed by atoms with Crippen molar-refractivity contribution in [2.24, 2.45) is 0 Å². The number of rotatable bonds is 4. The zero-order valence-corrected chi connectivity index (χ0v) is 15.2. The van der Waals surface area contributed by atoms with Gasteiger partial charge in [-0.05, 0) is 60.9 Å². The van der Waals surface area contributed by atoms with Crippen LogP contribution < -0.4 is 4.94 Å². The Balaban J connectivity index is 1.82. The van der Waals surface area contributed by atoms with Gasteiger partial charge in [-0.25, -0.2) is 4.39 Å². The fourth-order valence-electron chi connectivity index (χ4n) is 4.17. The second-order valence-corrected chi connectivity index (χ2v) is 7.32. The van der Waals surface area contributed by atoms with E-state index >= 15 is 0 Å². The molecular formula is C24H19F2NO. The summed E-state index contributed by atoms with van der Waals surface area (Å²) in [6.07, 6.45) is 3.48. The van der Waals surface area contributed by atoms with Gasteiger partial charge in [0.2, 0.25) is 0 Å². The van der Waals surface area contributed by atoms with Crippen LogP contribution in [-0.2, 0) is 0 Å². The molecule has 4 heteroatoms. The van der Waals surface area contributed by atoms with Gasteiger partial charge < -0.3 is 4.57 Å². The van der Waals surface area contributed by atoms with Gasteiger partial charge in [-0.15, -0.1) is 0 Å².